The van der Waals surface area contributed by atoms with Crippen LogP contribution in [0.3, 0.4) is 0 Å². The van der Waals surface area contributed by atoms with Gasteiger partial charge in [0.25, 0.3) is 10.0 Å². The first-order valence-electron chi connectivity index (χ1n) is 10.8. The van der Waals surface area contributed by atoms with Gasteiger partial charge in [-0.1, -0.05) is 48.0 Å². The molecule has 0 radical (unpaired) electrons. The van der Waals surface area contributed by atoms with Crippen LogP contribution in [0.25, 0.3) is 22.2 Å². The Labute approximate surface area is 197 Å². The second kappa shape index (κ2) is 8.22. The third kappa shape index (κ3) is 3.83. The van der Waals surface area contributed by atoms with Crippen molar-refractivity contribution in [2.45, 2.75) is 42.2 Å². The molecule has 1 aliphatic rings. The normalized spacial score (nSPS) is 21.4. The van der Waals surface area contributed by atoms with Gasteiger partial charge in [-0.25, -0.2) is 22.4 Å². The number of benzene rings is 2. The molecule has 4 N–H and O–H groups in total. The van der Waals surface area contributed by atoms with Crippen molar-refractivity contribution in [1.29, 1.82) is 0 Å². The summed E-state index contributed by atoms with van der Waals surface area (Å²) in [6.45, 7) is 0. The molecule has 2 heterocycles. The average Bonchev–Trinajstić information content (AvgIpc) is 3.20. The lowest BCUT2D eigenvalue weighted by Gasteiger charge is -2.35. The van der Waals surface area contributed by atoms with E-state index in [1.807, 2.05) is 12.1 Å². The molecule has 5 rings (SSSR count). The molecular weight excluding hydrogens is 458 g/mol. The van der Waals surface area contributed by atoms with Gasteiger partial charge in [-0.05, 0) is 43.9 Å². The Balaban J connectivity index is 1.70. The molecule has 2 aromatic heterocycles. The first-order valence-corrected chi connectivity index (χ1v) is 12.6. The van der Waals surface area contributed by atoms with Gasteiger partial charge < -0.3 is 11.5 Å². The van der Waals surface area contributed by atoms with Crippen molar-refractivity contribution < 1.29 is 8.42 Å². The van der Waals surface area contributed by atoms with Crippen LogP contribution in [0.1, 0.15) is 31.5 Å². The Bertz CT molecular complexity index is 1440. The summed E-state index contributed by atoms with van der Waals surface area (Å²) in [6, 6.07) is 15.6. The molecule has 0 bridgehead atoms. The molecule has 33 heavy (non-hydrogen) atoms. The van der Waals surface area contributed by atoms with Gasteiger partial charge in [0.2, 0.25) is 0 Å². The predicted molar refractivity (Wildman–Crippen MR) is 129 cm³/mol. The minimum absolute atomic E-state index is 0.00981. The Hall–Kier alpha value is -2.78. The second-order valence-electron chi connectivity index (χ2n) is 8.58. The molecule has 0 spiro atoms. The molecule has 170 valence electrons. The Morgan fingerprint density at radius 1 is 1.09 bits per heavy atom. The molecule has 2 unspecified atom stereocenters. The number of hydrogen-bond acceptors (Lipinski definition) is 6. The van der Waals surface area contributed by atoms with Crippen molar-refractivity contribution in [1.82, 2.24) is 13.9 Å². The highest BCUT2D eigenvalue weighted by molar-refractivity contribution is 7.90. The third-order valence-electron chi connectivity index (χ3n) is 6.25. The van der Waals surface area contributed by atoms with E-state index in [1.165, 1.54) is 10.2 Å². The molecule has 0 saturated heterocycles. The topological polar surface area (TPSA) is 117 Å². The van der Waals surface area contributed by atoms with Crippen molar-refractivity contribution in [2.24, 2.45) is 11.5 Å². The zero-order chi connectivity index (χ0) is 23.2. The first kappa shape index (κ1) is 22.0. The maximum Gasteiger partial charge on any atom is 0.268 e. The van der Waals surface area contributed by atoms with Crippen molar-refractivity contribution in [3.8, 4) is 11.3 Å². The predicted octanol–water partition coefficient (Wildman–Crippen LogP) is 4.04. The van der Waals surface area contributed by atoms with E-state index < -0.39 is 15.6 Å². The van der Waals surface area contributed by atoms with Gasteiger partial charge in [0.1, 0.15) is 5.82 Å². The monoisotopic (exact) mass is 481 g/mol. The Morgan fingerprint density at radius 3 is 2.58 bits per heavy atom. The third-order valence-corrected chi connectivity index (χ3v) is 8.21. The van der Waals surface area contributed by atoms with Crippen molar-refractivity contribution in [3.63, 3.8) is 0 Å². The number of aromatic nitrogens is 3. The van der Waals surface area contributed by atoms with Crippen LogP contribution in [0.2, 0.25) is 5.02 Å². The van der Waals surface area contributed by atoms with E-state index in [2.05, 4.69) is 4.98 Å². The number of rotatable bonds is 4. The van der Waals surface area contributed by atoms with E-state index in [0.717, 1.165) is 24.6 Å². The van der Waals surface area contributed by atoms with E-state index in [1.54, 1.807) is 48.7 Å². The number of nitrogens with zero attached hydrogens (tertiary/aromatic N) is 3. The van der Waals surface area contributed by atoms with Gasteiger partial charge in [0.15, 0.2) is 0 Å². The highest BCUT2D eigenvalue weighted by Crippen LogP contribution is 2.38. The fourth-order valence-electron chi connectivity index (χ4n) is 4.59. The Morgan fingerprint density at radius 2 is 1.82 bits per heavy atom. The number of hydrogen-bond donors (Lipinski definition) is 2. The highest BCUT2D eigenvalue weighted by Gasteiger charge is 2.36. The summed E-state index contributed by atoms with van der Waals surface area (Å²) < 4.78 is 28.2. The van der Waals surface area contributed by atoms with Crippen molar-refractivity contribution in [3.05, 3.63) is 77.8 Å². The molecule has 2 atom stereocenters. The summed E-state index contributed by atoms with van der Waals surface area (Å²) in [7, 11) is -3.83. The summed E-state index contributed by atoms with van der Waals surface area (Å²) in [4.78, 5) is 9.39. The fraction of sp³-hybridized carbons (Fsp3) is 0.250. The molecule has 4 aromatic rings. The number of fused-ring (bicyclic) bond motifs is 1. The summed E-state index contributed by atoms with van der Waals surface area (Å²) in [5.41, 5.74) is 13.7. The van der Waals surface area contributed by atoms with Crippen LogP contribution < -0.4 is 11.5 Å². The van der Waals surface area contributed by atoms with Crippen LogP contribution in [0.5, 0.6) is 0 Å². The van der Waals surface area contributed by atoms with E-state index in [-0.39, 0.29) is 10.9 Å². The maximum absolute atomic E-state index is 13.4. The van der Waals surface area contributed by atoms with Gasteiger partial charge in [0.05, 0.1) is 26.7 Å². The van der Waals surface area contributed by atoms with Gasteiger partial charge in [0, 0.05) is 29.4 Å². The molecule has 1 aliphatic carbocycles. The van der Waals surface area contributed by atoms with Gasteiger partial charge in [-0.15, -0.1) is 0 Å². The van der Waals surface area contributed by atoms with E-state index in [9.17, 15) is 8.42 Å². The molecule has 0 aliphatic heterocycles. The number of nitrogens with two attached hydrogens (primary N) is 2. The number of halogens is 1. The van der Waals surface area contributed by atoms with Crippen LogP contribution in [0.4, 0.5) is 0 Å². The summed E-state index contributed by atoms with van der Waals surface area (Å²) in [5, 5.41) is 1.04. The van der Waals surface area contributed by atoms with Crippen LogP contribution in [-0.4, -0.2) is 28.4 Å². The molecule has 0 amide bonds. The van der Waals surface area contributed by atoms with E-state index in [4.69, 9.17) is 28.1 Å². The first-order chi connectivity index (χ1) is 15.8. The van der Waals surface area contributed by atoms with E-state index >= 15 is 0 Å². The summed E-state index contributed by atoms with van der Waals surface area (Å²) in [5.74, 6) is 0.472. The van der Waals surface area contributed by atoms with Crippen LogP contribution in [0.15, 0.2) is 71.9 Å². The minimum Gasteiger partial charge on any atom is -0.328 e. The SMILES string of the molecule is NC1CCCC(N)(c2ncc(Cl)c(-c3cn(S(=O)(=O)c4ccccc4)c4ccccc34)n2)C1. The lowest BCUT2D eigenvalue weighted by Crippen LogP contribution is -2.47. The molecule has 1 saturated carbocycles. The van der Waals surface area contributed by atoms with Gasteiger partial charge in [-0.3, -0.25) is 0 Å². The quantitative estimate of drug-likeness (QED) is 0.454. The average molecular weight is 482 g/mol. The zero-order valence-corrected chi connectivity index (χ0v) is 19.4. The smallest absolute Gasteiger partial charge is 0.268 e. The molecular formula is C24H24ClN5O2S. The van der Waals surface area contributed by atoms with Crippen LogP contribution in [0, 0.1) is 0 Å². The van der Waals surface area contributed by atoms with Gasteiger partial charge >= 0.3 is 0 Å². The fourth-order valence-corrected chi connectivity index (χ4v) is 6.18. The lowest BCUT2D eigenvalue weighted by molar-refractivity contribution is 0.260. The lowest BCUT2D eigenvalue weighted by atomic mass is 9.79. The van der Waals surface area contributed by atoms with E-state index in [0.29, 0.717) is 34.0 Å². The van der Waals surface area contributed by atoms with Gasteiger partial charge in [-0.2, -0.15) is 0 Å². The maximum atomic E-state index is 13.4. The molecule has 1 fully saturated rings. The summed E-state index contributed by atoms with van der Waals surface area (Å²) >= 11 is 6.54. The second-order valence-corrected chi connectivity index (χ2v) is 10.8. The minimum atomic E-state index is -3.83. The number of para-hydroxylation sites is 1. The largest absolute Gasteiger partial charge is 0.328 e. The van der Waals surface area contributed by atoms with Crippen LogP contribution >= 0.6 is 11.6 Å². The molecule has 9 heteroatoms. The van der Waals surface area contributed by atoms with Crippen molar-refractivity contribution in [2.75, 3.05) is 0 Å². The molecule has 2 aromatic carbocycles. The highest BCUT2D eigenvalue weighted by atomic mass is 35.5. The Kier molecular flexibility index (Phi) is 5.49. The standard InChI is InChI=1S/C24H24ClN5O2S/c25-20-14-28-23(24(27)12-6-7-16(26)13-24)29-22(20)19-15-30(21-11-5-4-10-18(19)21)33(31,32)17-8-2-1-3-9-17/h1-5,8-11,14-16H,6-7,12-13,26-27H2. The zero-order valence-electron chi connectivity index (χ0n) is 17.9. The molecule has 7 nitrogen and oxygen atoms in total. The van der Waals surface area contributed by atoms with Crippen LogP contribution in [-0.2, 0) is 15.6 Å². The summed E-state index contributed by atoms with van der Waals surface area (Å²) in [6.07, 6.45) is 6.23. The van der Waals surface area contributed by atoms with Crippen molar-refractivity contribution >= 4 is 32.5 Å².